The van der Waals surface area contributed by atoms with Gasteiger partial charge in [-0.3, -0.25) is 4.79 Å². The summed E-state index contributed by atoms with van der Waals surface area (Å²) in [5.41, 5.74) is 5.77. The van der Waals surface area contributed by atoms with Crippen LogP contribution in [0.5, 0.6) is 0 Å². The fourth-order valence-corrected chi connectivity index (χ4v) is 7.36. The second-order valence-electron chi connectivity index (χ2n) is 9.32. The van der Waals surface area contributed by atoms with Crippen molar-refractivity contribution in [3.8, 4) is 6.07 Å². The molecule has 0 aliphatic heterocycles. The van der Waals surface area contributed by atoms with Gasteiger partial charge in [-0.25, -0.2) is 0 Å². The predicted molar refractivity (Wildman–Crippen MR) is 83.8 cm³/mol. The zero-order chi connectivity index (χ0) is 15.9. The molecule has 23 heavy (non-hydrogen) atoms. The highest BCUT2D eigenvalue weighted by Gasteiger charge is 2.62. The summed E-state index contributed by atoms with van der Waals surface area (Å²) in [6.45, 7) is 0. The molecule has 0 saturated heterocycles. The van der Waals surface area contributed by atoms with Gasteiger partial charge in [0.15, 0.2) is 5.78 Å². The van der Waals surface area contributed by atoms with Crippen molar-refractivity contribution in [2.45, 2.75) is 56.6 Å². The number of rotatable bonds is 3. The molecular formula is C19H26N2O2. The van der Waals surface area contributed by atoms with Crippen LogP contribution in [0.2, 0.25) is 0 Å². The smallest absolute Gasteiger partial charge is 0.154 e. The van der Waals surface area contributed by atoms with Crippen LogP contribution < -0.4 is 5.73 Å². The van der Waals surface area contributed by atoms with Crippen LogP contribution in [0.15, 0.2) is 0 Å². The van der Waals surface area contributed by atoms with Gasteiger partial charge < -0.3 is 10.8 Å². The molecule has 4 heteroatoms. The maximum atomic E-state index is 13.1. The van der Waals surface area contributed by atoms with Crippen LogP contribution in [-0.2, 0) is 4.79 Å². The number of carbonyl (C=O) groups is 1. The van der Waals surface area contributed by atoms with Gasteiger partial charge >= 0.3 is 0 Å². The van der Waals surface area contributed by atoms with Crippen LogP contribution in [-0.4, -0.2) is 22.5 Å². The quantitative estimate of drug-likeness (QED) is 0.832. The van der Waals surface area contributed by atoms with E-state index in [1.807, 2.05) is 0 Å². The van der Waals surface area contributed by atoms with E-state index in [0.717, 1.165) is 38.5 Å². The number of nitrogens with zero attached hydrogens (tertiary/aromatic N) is 1. The highest BCUT2D eigenvalue weighted by Crippen LogP contribution is 2.61. The Labute approximate surface area is 137 Å². The molecule has 0 radical (unpaired) electrons. The summed E-state index contributed by atoms with van der Waals surface area (Å²) in [5, 5.41) is 20.6. The molecule has 4 nitrogen and oxygen atoms in total. The maximum Gasteiger partial charge on any atom is 0.154 e. The van der Waals surface area contributed by atoms with E-state index in [2.05, 4.69) is 6.07 Å². The summed E-state index contributed by atoms with van der Waals surface area (Å²) in [6.07, 6.45) is 7.20. The summed E-state index contributed by atoms with van der Waals surface area (Å²) in [6, 6.07) is 1.78. The zero-order valence-electron chi connectivity index (χ0n) is 13.5. The molecular weight excluding hydrogens is 288 g/mol. The molecule has 6 fully saturated rings. The van der Waals surface area contributed by atoms with Crippen molar-refractivity contribution in [1.29, 1.82) is 5.26 Å². The first-order valence-electron chi connectivity index (χ1n) is 9.41. The Morgan fingerprint density at radius 2 is 1.83 bits per heavy atom. The van der Waals surface area contributed by atoms with Gasteiger partial charge in [0.1, 0.15) is 0 Å². The molecule has 0 aromatic heterocycles. The molecule has 8 atom stereocenters. The Morgan fingerprint density at radius 1 is 1.13 bits per heavy atom. The number of hydrogen-bond donors (Lipinski definition) is 2. The lowest BCUT2D eigenvalue weighted by Gasteiger charge is -2.60. The van der Waals surface area contributed by atoms with Gasteiger partial charge in [0, 0.05) is 11.8 Å². The molecule has 6 aliphatic carbocycles. The second-order valence-corrected chi connectivity index (χ2v) is 9.32. The van der Waals surface area contributed by atoms with Gasteiger partial charge in [-0.15, -0.1) is 0 Å². The summed E-state index contributed by atoms with van der Waals surface area (Å²) in [7, 11) is 0. The van der Waals surface area contributed by atoms with Crippen molar-refractivity contribution in [1.82, 2.24) is 0 Å². The van der Waals surface area contributed by atoms with Gasteiger partial charge in [-0.2, -0.15) is 5.26 Å². The summed E-state index contributed by atoms with van der Waals surface area (Å²) >= 11 is 0. The van der Waals surface area contributed by atoms with Crippen LogP contribution in [0.4, 0.5) is 0 Å². The lowest BCUT2D eigenvalue weighted by atomic mass is 9.48. The third kappa shape index (κ3) is 1.93. The lowest BCUT2D eigenvalue weighted by Crippen LogP contribution is -2.64. The first-order chi connectivity index (χ1) is 11.0. The predicted octanol–water partition coefficient (Wildman–Crippen LogP) is 1.87. The molecule has 0 amide bonds. The zero-order valence-corrected chi connectivity index (χ0v) is 13.5. The van der Waals surface area contributed by atoms with Crippen molar-refractivity contribution >= 4 is 5.78 Å². The lowest BCUT2D eigenvalue weighted by molar-refractivity contribution is -0.181. The molecule has 0 aromatic rings. The van der Waals surface area contributed by atoms with Crippen LogP contribution in [0.25, 0.3) is 0 Å². The van der Waals surface area contributed by atoms with Gasteiger partial charge in [0.25, 0.3) is 0 Å². The molecule has 4 unspecified atom stereocenters. The van der Waals surface area contributed by atoms with Crippen LogP contribution in [0.3, 0.4) is 0 Å². The van der Waals surface area contributed by atoms with E-state index in [4.69, 9.17) is 5.73 Å². The Morgan fingerprint density at radius 3 is 2.43 bits per heavy atom. The topological polar surface area (TPSA) is 87.1 Å². The standard InChI is InChI=1S/C19H26N2O2/c20-8-13-4-11-5-14(11)15(13)18(22)17(21)16-12-2-9-1-10(3-12)7-19(16,23)6-9/h9-17,23H,1-7,21H2/t9?,10?,11-,12?,13+,14+,15?,16?,17+,19?/m1/s1. The van der Waals surface area contributed by atoms with E-state index < -0.39 is 11.6 Å². The number of hydrogen-bond acceptors (Lipinski definition) is 4. The number of Topliss-reactive ketones (excluding diaryl/α,β-unsaturated/α-hetero) is 1. The van der Waals surface area contributed by atoms with E-state index >= 15 is 0 Å². The highest BCUT2D eigenvalue weighted by molar-refractivity contribution is 5.88. The molecule has 0 aromatic carbocycles. The van der Waals surface area contributed by atoms with E-state index in [9.17, 15) is 15.2 Å². The molecule has 0 spiro atoms. The Balaban J connectivity index is 1.41. The van der Waals surface area contributed by atoms with Crippen LogP contribution >= 0.6 is 0 Å². The van der Waals surface area contributed by atoms with Crippen molar-refractivity contribution in [2.24, 2.45) is 53.1 Å². The van der Waals surface area contributed by atoms with E-state index in [1.165, 1.54) is 6.42 Å². The van der Waals surface area contributed by atoms with Gasteiger partial charge in [-0.1, -0.05) is 0 Å². The van der Waals surface area contributed by atoms with Crippen LogP contribution in [0, 0.1) is 58.7 Å². The van der Waals surface area contributed by atoms with Crippen LogP contribution in [0.1, 0.15) is 44.9 Å². The molecule has 6 rings (SSSR count). The first kappa shape index (κ1) is 14.4. The SMILES string of the molecule is N#C[C@@H]1C[C@@H]2C[C@@H]2C1C(=O)[C@@H](N)C1C2CC3CC(C2)CC1(O)C3. The van der Waals surface area contributed by atoms with Crippen molar-refractivity contribution in [3.05, 3.63) is 0 Å². The van der Waals surface area contributed by atoms with Gasteiger partial charge in [-0.05, 0) is 74.5 Å². The Kier molecular flexibility index (Phi) is 2.87. The van der Waals surface area contributed by atoms with E-state index in [-0.39, 0.29) is 23.5 Å². The summed E-state index contributed by atoms with van der Waals surface area (Å²) < 4.78 is 0. The average Bonchev–Trinajstić information content (AvgIpc) is 3.15. The Hall–Kier alpha value is -0.920. The number of ketones is 1. The molecule has 6 saturated carbocycles. The minimum Gasteiger partial charge on any atom is -0.389 e. The number of aliphatic hydroxyl groups is 1. The molecule has 4 bridgehead atoms. The van der Waals surface area contributed by atoms with E-state index in [1.54, 1.807) is 0 Å². The Bertz CT molecular complexity index is 583. The minimum atomic E-state index is -0.715. The van der Waals surface area contributed by atoms with Gasteiger partial charge in [0.2, 0.25) is 0 Å². The maximum absolute atomic E-state index is 13.1. The normalized spacial score (nSPS) is 56.9. The fraction of sp³-hybridized carbons (Fsp3) is 0.895. The minimum absolute atomic E-state index is 0.0695. The molecule has 6 aliphatic rings. The molecule has 124 valence electrons. The number of nitrogens with two attached hydrogens (primary N) is 1. The first-order valence-corrected chi connectivity index (χ1v) is 9.41. The third-order valence-electron chi connectivity index (χ3n) is 7.99. The summed E-state index contributed by atoms with van der Waals surface area (Å²) in [5.74, 6) is 2.43. The number of fused-ring (bicyclic) bond motifs is 1. The fourth-order valence-electron chi connectivity index (χ4n) is 7.36. The third-order valence-corrected chi connectivity index (χ3v) is 7.99. The van der Waals surface area contributed by atoms with Gasteiger partial charge in [0.05, 0.1) is 23.6 Å². The monoisotopic (exact) mass is 314 g/mol. The molecule has 0 heterocycles. The van der Waals surface area contributed by atoms with Crippen molar-refractivity contribution in [3.63, 3.8) is 0 Å². The van der Waals surface area contributed by atoms with Crippen molar-refractivity contribution < 1.29 is 9.90 Å². The average molecular weight is 314 g/mol. The second kappa shape index (κ2) is 4.58. The van der Waals surface area contributed by atoms with Crippen molar-refractivity contribution in [2.75, 3.05) is 0 Å². The van der Waals surface area contributed by atoms with E-state index in [0.29, 0.717) is 29.6 Å². The highest BCUT2D eigenvalue weighted by atomic mass is 16.3. The molecule has 3 N–H and O–H groups in total. The largest absolute Gasteiger partial charge is 0.389 e. The summed E-state index contributed by atoms with van der Waals surface area (Å²) in [4.78, 5) is 13.1. The number of nitriles is 1. The number of carbonyl (C=O) groups excluding carboxylic acids is 1.